The Balaban J connectivity index is 1.99. The fraction of sp³-hybridized carbons (Fsp3) is 0.176. The number of urea groups is 1. The van der Waals surface area contributed by atoms with E-state index in [0.29, 0.717) is 4.90 Å². The van der Waals surface area contributed by atoms with E-state index in [1.54, 1.807) is 0 Å². The molecule has 3 rings (SSSR count). The fourth-order valence-corrected chi connectivity index (χ4v) is 2.97. The molecular formula is C17H12ClF3N2O2. The lowest BCUT2D eigenvalue weighted by Gasteiger charge is -2.23. The summed E-state index contributed by atoms with van der Waals surface area (Å²) in [5.74, 6) is -3.11. The number of nitrogens with one attached hydrogen (secondary N) is 1. The summed E-state index contributed by atoms with van der Waals surface area (Å²) in [5, 5.41) is 2.39. The molecule has 0 aliphatic carbocycles. The van der Waals surface area contributed by atoms with Crippen LogP contribution in [0, 0.1) is 17.5 Å². The Bertz CT molecular complexity index is 870. The zero-order valence-corrected chi connectivity index (χ0v) is 13.7. The largest absolute Gasteiger partial charge is 0.325 e. The normalized spacial score (nSPS) is 20.1. The van der Waals surface area contributed by atoms with Gasteiger partial charge < -0.3 is 5.32 Å². The number of hydrogen-bond donors (Lipinski definition) is 1. The number of hydrogen-bond acceptors (Lipinski definition) is 2. The zero-order chi connectivity index (χ0) is 18.4. The molecule has 1 saturated heterocycles. The van der Waals surface area contributed by atoms with Gasteiger partial charge in [-0.15, -0.1) is 0 Å². The molecule has 4 nitrogen and oxygen atoms in total. The van der Waals surface area contributed by atoms with Crippen molar-refractivity contribution in [3.8, 4) is 0 Å². The summed E-state index contributed by atoms with van der Waals surface area (Å²) in [5.41, 5.74) is -2.16. The Morgan fingerprint density at radius 2 is 1.84 bits per heavy atom. The molecule has 1 N–H and O–H groups in total. The molecule has 0 spiro atoms. The van der Waals surface area contributed by atoms with Gasteiger partial charge in [-0.05, 0) is 37.3 Å². The van der Waals surface area contributed by atoms with Crippen LogP contribution in [0.15, 0.2) is 36.4 Å². The van der Waals surface area contributed by atoms with Crippen LogP contribution in [0.2, 0.25) is 5.02 Å². The number of imide groups is 1. The van der Waals surface area contributed by atoms with Crippen molar-refractivity contribution in [2.75, 3.05) is 0 Å². The summed E-state index contributed by atoms with van der Waals surface area (Å²) in [6, 6.07) is 5.71. The third kappa shape index (κ3) is 2.84. The maximum Gasteiger partial charge on any atom is 0.325 e. The maximum atomic E-state index is 14.1. The number of rotatable bonds is 3. The number of benzene rings is 2. The third-order valence-corrected chi connectivity index (χ3v) is 4.47. The smallest absolute Gasteiger partial charge is 0.319 e. The van der Waals surface area contributed by atoms with E-state index in [9.17, 15) is 22.8 Å². The van der Waals surface area contributed by atoms with Crippen LogP contribution in [-0.2, 0) is 16.9 Å². The standard InChI is InChI=1S/C17H12ClF3N2O2/c1-17(11-7-9(19)5-6-14(11)21)15(24)23(16(25)22-17)8-10-12(18)3-2-4-13(10)20/h2-7H,8H2,1H3,(H,22,25)/t17-/m1/s1. The number of halogens is 4. The number of carbonyl (C=O) groups is 2. The van der Waals surface area contributed by atoms with E-state index in [-0.39, 0.29) is 16.1 Å². The van der Waals surface area contributed by atoms with E-state index in [1.165, 1.54) is 19.1 Å². The first-order chi connectivity index (χ1) is 11.7. The SMILES string of the molecule is C[C@]1(c2cc(F)ccc2F)NC(=O)N(Cc2c(F)cccc2Cl)C1=O. The molecule has 0 saturated carbocycles. The van der Waals surface area contributed by atoms with Gasteiger partial charge in [0.2, 0.25) is 0 Å². The molecule has 0 unspecified atom stereocenters. The molecule has 25 heavy (non-hydrogen) atoms. The van der Waals surface area contributed by atoms with Crippen molar-refractivity contribution in [2.24, 2.45) is 0 Å². The second-order valence-electron chi connectivity index (χ2n) is 5.77. The van der Waals surface area contributed by atoms with Gasteiger partial charge in [-0.2, -0.15) is 0 Å². The second kappa shape index (κ2) is 6.07. The molecule has 0 radical (unpaired) electrons. The summed E-state index contributed by atoms with van der Waals surface area (Å²) in [7, 11) is 0. The van der Waals surface area contributed by atoms with Crippen LogP contribution in [0.1, 0.15) is 18.1 Å². The first kappa shape index (κ1) is 17.3. The van der Waals surface area contributed by atoms with Gasteiger partial charge in [0.15, 0.2) is 0 Å². The summed E-state index contributed by atoms with van der Waals surface area (Å²) >= 11 is 5.92. The lowest BCUT2D eigenvalue weighted by molar-refractivity contribution is -0.131. The highest BCUT2D eigenvalue weighted by molar-refractivity contribution is 6.31. The van der Waals surface area contributed by atoms with Gasteiger partial charge in [-0.25, -0.2) is 18.0 Å². The van der Waals surface area contributed by atoms with Crippen LogP contribution < -0.4 is 5.32 Å². The lowest BCUT2D eigenvalue weighted by Crippen LogP contribution is -2.41. The monoisotopic (exact) mass is 368 g/mol. The molecule has 8 heteroatoms. The molecule has 1 aliphatic heterocycles. The predicted molar refractivity (Wildman–Crippen MR) is 84.2 cm³/mol. The summed E-state index contributed by atoms with van der Waals surface area (Å²) in [6.07, 6.45) is 0. The van der Waals surface area contributed by atoms with Crippen molar-refractivity contribution in [3.63, 3.8) is 0 Å². The van der Waals surface area contributed by atoms with E-state index in [4.69, 9.17) is 11.6 Å². The van der Waals surface area contributed by atoms with Crippen molar-refractivity contribution in [1.29, 1.82) is 0 Å². The first-order valence-electron chi connectivity index (χ1n) is 7.26. The highest BCUT2D eigenvalue weighted by Crippen LogP contribution is 2.33. The second-order valence-corrected chi connectivity index (χ2v) is 6.18. The fourth-order valence-electron chi connectivity index (χ4n) is 2.75. The van der Waals surface area contributed by atoms with Crippen molar-refractivity contribution in [2.45, 2.75) is 19.0 Å². The number of nitrogens with zero attached hydrogens (tertiary/aromatic N) is 1. The molecule has 3 amide bonds. The van der Waals surface area contributed by atoms with Crippen molar-refractivity contribution >= 4 is 23.5 Å². The summed E-state index contributed by atoms with van der Waals surface area (Å²) < 4.78 is 41.5. The maximum absolute atomic E-state index is 14.1. The molecule has 1 aliphatic rings. The molecule has 2 aromatic carbocycles. The van der Waals surface area contributed by atoms with Gasteiger partial charge in [-0.1, -0.05) is 17.7 Å². The Hall–Kier alpha value is -2.54. The van der Waals surface area contributed by atoms with Gasteiger partial charge in [0.25, 0.3) is 5.91 Å². The molecule has 0 bridgehead atoms. The quantitative estimate of drug-likeness (QED) is 0.839. The van der Waals surface area contributed by atoms with Crippen LogP contribution in [0.5, 0.6) is 0 Å². The molecule has 1 atom stereocenters. The average Bonchev–Trinajstić information content (AvgIpc) is 2.77. The first-order valence-corrected chi connectivity index (χ1v) is 7.64. The van der Waals surface area contributed by atoms with Crippen LogP contribution in [-0.4, -0.2) is 16.8 Å². The Labute approximate surface area is 146 Å². The molecule has 2 aromatic rings. The van der Waals surface area contributed by atoms with Crippen LogP contribution in [0.4, 0.5) is 18.0 Å². The van der Waals surface area contributed by atoms with Crippen molar-refractivity contribution in [3.05, 3.63) is 70.0 Å². The number of carbonyl (C=O) groups excluding carboxylic acids is 2. The predicted octanol–water partition coefficient (Wildman–Crippen LogP) is 3.72. The van der Waals surface area contributed by atoms with E-state index in [1.807, 2.05) is 0 Å². The van der Waals surface area contributed by atoms with Crippen LogP contribution >= 0.6 is 11.6 Å². The molecule has 130 valence electrons. The van der Waals surface area contributed by atoms with E-state index < -0.39 is 41.5 Å². The minimum atomic E-state index is -1.80. The Morgan fingerprint density at radius 3 is 2.52 bits per heavy atom. The minimum absolute atomic E-state index is 0.0448. The molecule has 1 heterocycles. The third-order valence-electron chi connectivity index (χ3n) is 4.12. The summed E-state index contributed by atoms with van der Waals surface area (Å²) in [4.78, 5) is 25.6. The Morgan fingerprint density at radius 1 is 1.12 bits per heavy atom. The lowest BCUT2D eigenvalue weighted by atomic mass is 9.91. The van der Waals surface area contributed by atoms with Crippen LogP contribution in [0.25, 0.3) is 0 Å². The topological polar surface area (TPSA) is 49.4 Å². The van der Waals surface area contributed by atoms with Gasteiger partial charge in [0, 0.05) is 16.1 Å². The molecule has 1 fully saturated rings. The molecule has 0 aromatic heterocycles. The van der Waals surface area contributed by atoms with Gasteiger partial charge >= 0.3 is 6.03 Å². The van der Waals surface area contributed by atoms with E-state index in [0.717, 1.165) is 24.3 Å². The highest BCUT2D eigenvalue weighted by atomic mass is 35.5. The van der Waals surface area contributed by atoms with Gasteiger partial charge in [0.05, 0.1) is 6.54 Å². The van der Waals surface area contributed by atoms with Crippen molar-refractivity contribution in [1.82, 2.24) is 10.2 Å². The Kier molecular flexibility index (Phi) is 4.20. The summed E-state index contributed by atoms with van der Waals surface area (Å²) in [6.45, 7) is 0.830. The highest BCUT2D eigenvalue weighted by Gasteiger charge is 2.50. The molecular weight excluding hydrogens is 357 g/mol. The van der Waals surface area contributed by atoms with Gasteiger partial charge in [-0.3, -0.25) is 9.69 Å². The van der Waals surface area contributed by atoms with Gasteiger partial charge in [0.1, 0.15) is 23.0 Å². The van der Waals surface area contributed by atoms with E-state index >= 15 is 0 Å². The average molecular weight is 369 g/mol. The van der Waals surface area contributed by atoms with Crippen LogP contribution in [0.3, 0.4) is 0 Å². The number of amides is 3. The zero-order valence-electron chi connectivity index (χ0n) is 12.9. The van der Waals surface area contributed by atoms with E-state index in [2.05, 4.69) is 5.32 Å². The minimum Gasteiger partial charge on any atom is -0.319 e. The van der Waals surface area contributed by atoms with Crippen molar-refractivity contribution < 1.29 is 22.8 Å².